The summed E-state index contributed by atoms with van der Waals surface area (Å²) in [6.45, 7) is 1.71. The maximum atomic E-state index is 13.5. The van der Waals surface area contributed by atoms with Gasteiger partial charge in [-0.25, -0.2) is 0 Å². The Morgan fingerprint density at radius 3 is 2.26 bits per heavy atom. The lowest BCUT2D eigenvalue weighted by Gasteiger charge is -2.47. The monoisotopic (exact) mass is 588 g/mol. The predicted molar refractivity (Wildman–Crippen MR) is 139 cm³/mol. The summed E-state index contributed by atoms with van der Waals surface area (Å²) < 4.78 is 51.9. The van der Waals surface area contributed by atoms with Crippen LogP contribution < -0.4 is 18.9 Å². The van der Waals surface area contributed by atoms with Crippen molar-refractivity contribution in [3.8, 4) is 28.7 Å². The number of fused-ring (bicyclic) bond motifs is 4. The van der Waals surface area contributed by atoms with E-state index in [9.17, 15) is 20.1 Å². The maximum absolute atomic E-state index is 13.5. The van der Waals surface area contributed by atoms with Crippen molar-refractivity contribution >= 4 is 5.78 Å². The first-order valence-corrected chi connectivity index (χ1v) is 13.8. The number of Topliss-reactive ketones (excluding diaryl/α,β-unsaturated/α-hetero) is 1. The van der Waals surface area contributed by atoms with Gasteiger partial charge in [0.25, 0.3) is 0 Å². The summed E-state index contributed by atoms with van der Waals surface area (Å²) in [5.41, 5.74) is 1.97. The van der Waals surface area contributed by atoms with Crippen LogP contribution in [-0.2, 0) is 28.5 Å². The van der Waals surface area contributed by atoms with Gasteiger partial charge in [-0.2, -0.15) is 0 Å². The van der Waals surface area contributed by atoms with E-state index in [0.717, 1.165) is 0 Å². The van der Waals surface area contributed by atoms with Crippen LogP contribution in [0.25, 0.3) is 0 Å². The van der Waals surface area contributed by atoms with E-state index in [2.05, 4.69) is 0 Å². The molecule has 0 saturated carbocycles. The smallest absolute Gasteiger partial charge is 0.231 e. The third-order valence-electron chi connectivity index (χ3n) is 8.65. The second-order valence-electron chi connectivity index (χ2n) is 10.9. The standard InChI is InChI=1S/C29H32O13/c1-11-36-9-20-27(40-11)24(32)25(33)29(41-20)42-26-14-7-17-16(38-10-39-17)6-13(14)21(22-15(30)8-37-28(22)26)12-4-18(34-2)23(31)19(5-12)35-3/h4-7,11,20-22,24-29,31-33H,8-10H2,1-3H3/t11?,20?,21-,22-,24?,25?,26?,27?,28?,29?/m1/s1. The molecule has 42 heavy (non-hydrogen) atoms. The zero-order valence-corrected chi connectivity index (χ0v) is 23.1. The lowest BCUT2D eigenvalue weighted by Crippen LogP contribution is -2.63. The molecule has 10 atom stereocenters. The Kier molecular flexibility index (Phi) is 6.93. The number of ketones is 1. The number of aliphatic hydroxyl groups is 2. The van der Waals surface area contributed by atoms with Gasteiger partial charge in [0.2, 0.25) is 12.5 Å². The van der Waals surface area contributed by atoms with E-state index in [0.29, 0.717) is 28.2 Å². The van der Waals surface area contributed by atoms with E-state index in [1.54, 1.807) is 31.2 Å². The number of benzene rings is 2. The van der Waals surface area contributed by atoms with Crippen molar-refractivity contribution in [1.82, 2.24) is 0 Å². The number of hydrogen-bond acceptors (Lipinski definition) is 13. The third-order valence-corrected chi connectivity index (χ3v) is 8.65. The fourth-order valence-corrected chi connectivity index (χ4v) is 6.66. The van der Waals surface area contributed by atoms with E-state index in [1.165, 1.54) is 14.2 Å². The van der Waals surface area contributed by atoms with Crippen molar-refractivity contribution in [2.45, 2.75) is 62.0 Å². The summed E-state index contributed by atoms with van der Waals surface area (Å²) >= 11 is 0. The summed E-state index contributed by atoms with van der Waals surface area (Å²) in [6.07, 6.45) is -7.75. The number of hydrogen-bond donors (Lipinski definition) is 3. The molecule has 7 rings (SSSR count). The second-order valence-corrected chi connectivity index (χ2v) is 10.9. The average molecular weight is 589 g/mol. The average Bonchev–Trinajstić information content (AvgIpc) is 3.61. The molecule has 0 amide bonds. The highest BCUT2D eigenvalue weighted by Crippen LogP contribution is 2.55. The zero-order chi connectivity index (χ0) is 29.3. The molecule has 8 unspecified atom stereocenters. The van der Waals surface area contributed by atoms with Gasteiger partial charge < -0.3 is 58.0 Å². The van der Waals surface area contributed by atoms with Crippen LogP contribution >= 0.6 is 0 Å². The van der Waals surface area contributed by atoms with Crippen molar-refractivity contribution in [3.63, 3.8) is 0 Å². The van der Waals surface area contributed by atoms with Crippen LogP contribution in [0.1, 0.15) is 35.6 Å². The fourth-order valence-electron chi connectivity index (χ4n) is 6.66. The molecule has 4 aliphatic heterocycles. The summed E-state index contributed by atoms with van der Waals surface area (Å²) in [4.78, 5) is 13.5. The molecule has 2 aromatic rings. The number of rotatable bonds is 5. The van der Waals surface area contributed by atoms with Gasteiger partial charge in [0.15, 0.2) is 41.4 Å². The lowest BCUT2D eigenvalue weighted by molar-refractivity contribution is -0.365. The second kappa shape index (κ2) is 10.5. The first kappa shape index (κ1) is 27.7. The summed E-state index contributed by atoms with van der Waals surface area (Å²) in [5, 5.41) is 32.5. The molecular formula is C29H32O13. The Labute approximate surface area is 240 Å². The number of ether oxygens (including phenoxy) is 9. The fraction of sp³-hybridized carbons (Fsp3) is 0.552. The number of phenols is 1. The first-order valence-electron chi connectivity index (χ1n) is 13.8. The largest absolute Gasteiger partial charge is 0.502 e. The molecule has 0 spiro atoms. The molecule has 3 saturated heterocycles. The van der Waals surface area contributed by atoms with Crippen molar-refractivity contribution < 1.29 is 62.7 Å². The van der Waals surface area contributed by atoms with Crippen molar-refractivity contribution in [1.29, 1.82) is 0 Å². The summed E-state index contributed by atoms with van der Waals surface area (Å²) in [5.74, 6) is -0.253. The molecule has 226 valence electrons. The van der Waals surface area contributed by atoms with E-state index in [1.807, 2.05) is 0 Å². The number of aromatic hydroxyl groups is 1. The van der Waals surface area contributed by atoms with E-state index in [4.69, 9.17) is 42.6 Å². The van der Waals surface area contributed by atoms with E-state index in [-0.39, 0.29) is 43.0 Å². The van der Waals surface area contributed by atoms with Crippen molar-refractivity contribution in [3.05, 3.63) is 41.0 Å². The molecule has 5 aliphatic rings. The molecule has 1 aliphatic carbocycles. The van der Waals surface area contributed by atoms with Crippen molar-refractivity contribution in [2.24, 2.45) is 5.92 Å². The first-order chi connectivity index (χ1) is 20.3. The highest BCUT2D eigenvalue weighted by Gasteiger charge is 2.55. The lowest BCUT2D eigenvalue weighted by atomic mass is 9.68. The minimum Gasteiger partial charge on any atom is -0.502 e. The predicted octanol–water partition coefficient (Wildman–Crippen LogP) is 1.13. The van der Waals surface area contributed by atoms with Gasteiger partial charge in [0.1, 0.15) is 37.1 Å². The molecule has 0 radical (unpaired) electrons. The Balaban J connectivity index is 1.32. The summed E-state index contributed by atoms with van der Waals surface area (Å²) in [7, 11) is 2.86. The molecule has 3 N–H and O–H groups in total. The van der Waals surface area contributed by atoms with Gasteiger partial charge in [-0.1, -0.05) is 0 Å². The molecule has 13 heteroatoms. The zero-order valence-electron chi connectivity index (χ0n) is 23.1. The highest BCUT2D eigenvalue weighted by molar-refractivity contribution is 5.87. The number of aliphatic hydroxyl groups excluding tert-OH is 2. The molecule has 3 fully saturated rings. The molecule has 0 aromatic heterocycles. The van der Waals surface area contributed by atoms with Crippen LogP contribution in [-0.4, -0.2) is 98.4 Å². The van der Waals surface area contributed by atoms with Gasteiger partial charge in [-0.3, -0.25) is 4.79 Å². The van der Waals surface area contributed by atoms with Crippen molar-refractivity contribution in [2.75, 3.05) is 34.2 Å². The third kappa shape index (κ3) is 4.30. The van der Waals surface area contributed by atoms with Gasteiger partial charge in [0.05, 0.1) is 32.8 Å². The molecule has 0 bridgehead atoms. The minimum atomic E-state index is -1.45. The Morgan fingerprint density at radius 2 is 1.57 bits per heavy atom. The molecular weight excluding hydrogens is 556 g/mol. The minimum absolute atomic E-state index is 0.0235. The van der Waals surface area contributed by atoms with Gasteiger partial charge in [-0.05, 0) is 47.9 Å². The topological polar surface area (TPSA) is 161 Å². The van der Waals surface area contributed by atoms with Crippen LogP contribution in [0.15, 0.2) is 24.3 Å². The van der Waals surface area contributed by atoms with Crippen LogP contribution in [0.5, 0.6) is 28.7 Å². The van der Waals surface area contributed by atoms with Crippen LogP contribution in [0.3, 0.4) is 0 Å². The van der Waals surface area contributed by atoms with Gasteiger partial charge in [-0.15, -0.1) is 0 Å². The molecule has 2 aromatic carbocycles. The number of carbonyl (C=O) groups excluding carboxylic acids is 1. The summed E-state index contributed by atoms with van der Waals surface area (Å²) in [6, 6.07) is 6.90. The quantitative estimate of drug-likeness (QED) is 0.457. The van der Waals surface area contributed by atoms with Gasteiger partial charge in [0, 0.05) is 5.92 Å². The number of methoxy groups -OCH3 is 2. The van der Waals surface area contributed by atoms with E-state index >= 15 is 0 Å². The van der Waals surface area contributed by atoms with Gasteiger partial charge >= 0.3 is 0 Å². The number of carbonyl (C=O) groups is 1. The Morgan fingerprint density at radius 1 is 0.881 bits per heavy atom. The normalized spacial score (nSPS) is 36.6. The number of phenolic OH excluding ortho intramolecular Hbond substituents is 1. The Bertz CT molecular complexity index is 1350. The molecule has 4 heterocycles. The maximum Gasteiger partial charge on any atom is 0.231 e. The molecule has 13 nitrogen and oxygen atoms in total. The SMILES string of the molecule is COc1cc([C@@H]2c3cc4c(cc3C(OC3OC5COC(C)OC5C(O)C3O)C3OCC(=O)[C@@H]32)OCO4)cc(OC)c1O. The van der Waals surface area contributed by atoms with Crippen LogP contribution in [0, 0.1) is 5.92 Å². The van der Waals surface area contributed by atoms with E-state index < -0.39 is 61.0 Å². The Hall–Kier alpha value is -3.17. The highest BCUT2D eigenvalue weighted by atomic mass is 16.8. The van der Waals surface area contributed by atoms with Crippen LogP contribution in [0.2, 0.25) is 0 Å². The van der Waals surface area contributed by atoms with Crippen LogP contribution in [0.4, 0.5) is 0 Å².